The van der Waals surface area contributed by atoms with Crippen LogP contribution in [0.1, 0.15) is 25.3 Å². The largest absolute Gasteiger partial charge is 0.497 e. The summed E-state index contributed by atoms with van der Waals surface area (Å²) in [7, 11) is -0.186. The second-order valence-electron chi connectivity index (χ2n) is 10.6. The van der Waals surface area contributed by atoms with E-state index in [9.17, 15) is 9.90 Å². The maximum atomic E-state index is 11.7. The number of amides is 1. The normalized spacial score (nSPS) is 21.5. The Labute approximate surface area is 222 Å². The monoisotopic (exact) mass is 517 g/mol. The number of aliphatic hydroxyl groups is 1. The van der Waals surface area contributed by atoms with E-state index in [-0.39, 0.29) is 18.8 Å². The van der Waals surface area contributed by atoms with E-state index < -0.39 is 8.07 Å². The van der Waals surface area contributed by atoms with Crippen LogP contribution in [0.15, 0.2) is 78.9 Å². The number of benzene rings is 3. The van der Waals surface area contributed by atoms with Gasteiger partial charge < -0.3 is 14.6 Å². The highest BCUT2D eigenvalue weighted by Gasteiger charge is 2.50. The second-order valence-corrected chi connectivity index (χ2v) is 15.3. The molecule has 1 heterocycles. The van der Waals surface area contributed by atoms with E-state index in [1.807, 2.05) is 42.5 Å². The second kappa shape index (κ2) is 12.1. The average molecular weight is 518 g/mol. The van der Waals surface area contributed by atoms with E-state index in [2.05, 4.69) is 56.4 Å². The molecule has 1 fully saturated rings. The van der Waals surface area contributed by atoms with Gasteiger partial charge in [0.1, 0.15) is 5.75 Å². The third-order valence-electron chi connectivity index (χ3n) is 8.06. The Hall–Kier alpha value is -2.93. The predicted molar refractivity (Wildman–Crippen MR) is 153 cm³/mol. The molecule has 0 saturated carbocycles. The Kier molecular flexibility index (Phi) is 8.85. The van der Waals surface area contributed by atoms with E-state index in [0.29, 0.717) is 17.9 Å². The summed E-state index contributed by atoms with van der Waals surface area (Å²) in [6.07, 6.45) is 3.60. The van der Waals surface area contributed by atoms with E-state index in [1.165, 1.54) is 10.8 Å². The van der Waals surface area contributed by atoms with Crippen molar-refractivity contribution in [2.75, 3.05) is 18.6 Å². The van der Waals surface area contributed by atoms with Crippen LogP contribution in [0.25, 0.3) is 0 Å². The molecule has 3 aromatic carbocycles. The molecule has 196 valence electrons. The van der Waals surface area contributed by atoms with Crippen LogP contribution in [-0.2, 0) is 16.0 Å². The molecule has 1 saturated heterocycles. The number of carbonyl (C=O) groups excluding carboxylic acids is 1. The first-order valence-electron chi connectivity index (χ1n) is 13.2. The molecule has 0 aliphatic carbocycles. The van der Waals surface area contributed by atoms with Crippen LogP contribution in [0.4, 0.5) is 11.4 Å². The first-order chi connectivity index (χ1) is 17.9. The van der Waals surface area contributed by atoms with Crippen LogP contribution in [0.3, 0.4) is 0 Å². The van der Waals surface area contributed by atoms with Crippen molar-refractivity contribution < 1.29 is 19.4 Å². The van der Waals surface area contributed by atoms with Crippen molar-refractivity contribution >= 4 is 31.0 Å². The molecule has 5 nitrogen and oxygen atoms in total. The minimum atomic E-state index is -1.88. The third-order valence-corrected chi connectivity index (χ3v) is 12.4. The summed E-state index contributed by atoms with van der Waals surface area (Å²) in [6.45, 7) is 7.33. The number of carbonyl (C=O) groups is 1. The molecule has 0 radical (unpaired) electrons. The highest BCUT2D eigenvalue weighted by molar-refractivity contribution is 6.91. The standard InChI is InChI=1S/C31H39NO4Si/c1-23-29(19-12-24-10-13-26(14-11-24)32(22-34)25-8-6-5-7-9-25)36-30(20-21-33)31(23)37(3,4)28-17-15-27(35-2)16-18-28/h5-11,13-18,22-23,29-31,33H,12,19-21H2,1-4H3/t23-,29+,30-,31+/m1/s1. The van der Waals surface area contributed by atoms with Crippen LogP contribution in [0.2, 0.25) is 18.6 Å². The highest BCUT2D eigenvalue weighted by Crippen LogP contribution is 2.46. The molecule has 0 spiro atoms. The molecule has 1 aliphatic heterocycles. The molecule has 0 unspecified atom stereocenters. The quantitative estimate of drug-likeness (QED) is 0.262. The maximum Gasteiger partial charge on any atom is 0.218 e. The van der Waals surface area contributed by atoms with E-state index in [1.54, 1.807) is 12.0 Å². The number of nitrogens with zero attached hydrogens (tertiary/aromatic N) is 1. The van der Waals surface area contributed by atoms with Crippen molar-refractivity contribution in [1.29, 1.82) is 0 Å². The summed E-state index contributed by atoms with van der Waals surface area (Å²) in [5.41, 5.74) is 3.36. The van der Waals surface area contributed by atoms with Gasteiger partial charge in [0.25, 0.3) is 0 Å². The average Bonchev–Trinajstić information content (AvgIpc) is 3.24. The maximum absolute atomic E-state index is 11.7. The number of anilines is 2. The summed E-state index contributed by atoms with van der Waals surface area (Å²) in [4.78, 5) is 13.4. The van der Waals surface area contributed by atoms with Crippen LogP contribution < -0.4 is 14.8 Å². The molecular weight excluding hydrogens is 478 g/mol. The summed E-state index contributed by atoms with van der Waals surface area (Å²) in [5.74, 6) is 1.28. The van der Waals surface area contributed by atoms with Gasteiger partial charge in [-0.2, -0.15) is 0 Å². The van der Waals surface area contributed by atoms with Crippen molar-refractivity contribution in [3.8, 4) is 5.75 Å². The molecule has 0 aromatic heterocycles. The summed E-state index contributed by atoms with van der Waals surface area (Å²) in [6, 6.07) is 26.4. The zero-order valence-electron chi connectivity index (χ0n) is 22.3. The van der Waals surface area contributed by atoms with Gasteiger partial charge >= 0.3 is 0 Å². The fraction of sp³-hybridized carbons (Fsp3) is 0.387. The van der Waals surface area contributed by atoms with Crippen molar-refractivity contribution in [3.05, 3.63) is 84.4 Å². The highest BCUT2D eigenvalue weighted by atomic mass is 28.3. The molecule has 1 N–H and O–H groups in total. The Balaban J connectivity index is 1.45. The van der Waals surface area contributed by atoms with Gasteiger partial charge in [0.2, 0.25) is 6.41 Å². The molecule has 6 heteroatoms. The number of methoxy groups -OCH3 is 1. The predicted octanol–water partition coefficient (Wildman–Crippen LogP) is 5.69. The molecule has 0 bridgehead atoms. The molecule has 1 aliphatic rings. The van der Waals surface area contributed by atoms with Crippen molar-refractivity contribution in [2.45, 2.75) is 57.0 Å². The number of hydrogen-bond donors (Lipinski definition) is 1. The van der Waals surface area contributed by atoms with Gasteiger partial charge in [-0.1, -0.05) is 67.7 Å². The lowest BCUT2D eigenvalue weighted by molar-refractivity contribution is -0.106. The van der Waals surface area contributed by atoms with Crippen molar-refractivity contribution in [2.24, 2.45) is 5.92 Å². The number of aryl methyl sites for hydroxylation is 1. The van der Waals surface area contributed by atoms with Crippen molar-refractivity contribution in [3.63, 3.8) is 0 Å². The number of hydrogen-bond acceptors (Lipinski definition) is 4. The number of aliphatic hydroxyl groups excluding tert-OH is 1. The Morgan fingerprint density at radius 1 is 0.919 bits per heavy atom. The fourth-order valence-corrected chi connectivity index (χ4v) is 10.1. The van der Waals surface area contributed by atoms with Gasteiger partial charge in [-0.3, -0.25) is 9.69 Å². The molecule has 3 aromatic rings. The van der Waals surface area contributed by atoms with Gasteiger partial charge in [0, 0.05) is 18.0 Å². The first-order valence-corrected chi connectivity index (χ1v) is 16.3. The lowest BCUT2D eigenvalue weighted by atomic mass is 9.95. The van der Waals surface area contributed by atoms with Gasteiger partial charge in [0.05, 0.1) is 27.4 Å². The minimum absolute atomic E-state index is 0.0724. The van der Waals surface area contributed by atoms with E-state index in [4.69, 9.17) is 9.47 Å². The lowest BCUT2D eigenvalue weighted by Gasteiger charge is -2.36. The van der Waals surface area contributed by atoms with Gasteiger partial charge in [-0.15, -0.1) is 0 Å². The first kappa shape index (κ1) is 27.1. The van der Waals surface area contributed by atoms with Crippen molar-refractivity contribution in [1.82, 2.24) is 0 Å². The van der Waals surface area contributed by atoms with E-state index in [0.717, 1.165) is 36.4 Å². The summed E-state index contributed by atoms with van der Waals surface area (Å²) < 4.78 is 12.0. The van der Waals surface area contributed by atoms with Crippen LogP contribution in [0, 0.1) is 5.92 Å². The molecule has 4 atom stereocenters. The molecule has 4 rings (SSSR count). The number of ether oxygens (including phenoxy) is 2. The van der Waals surface area contributed by atoms with Crippen LogP contribution >= 0.6 is 0 Å². The Morgan fingerprint density at radius 2 is 1.57 bits per heavy atom. The zero-order valence-corrected chi connectivity index (χ0v) is 23.3. The minimum Gasteiger partial charge on any atom is -0.497 e. The summed E-state index contributed by atoms with van der Waals surface area (Å²) in [5, 5.41) is 11.2. The van der Waals surface area contributed by atoms with Crippen LogP contribution in [-0.4, -0.2) is 45.5 Å². The topological polar surface area (TPSA) is 59.0 Å². The molecule has 1 amide bonds. The SMILES string of the molecule is COc1ccc([Si](C)(C)[C@H]2[C@H](C)[C@H](CCc3ccc(N(C=O)c4ccccc4)cc3)O[C@@H]2CCO)cc1. The Bertz CT molecular complexity index is 1130. The van der Waals surface area contributed by atoms with Gasteiger partial charge in [0.15, 0.2) is 0 Å². The smallest absolute Gasteiger partial charge is 0.218 e. The molecule has 37 heavy (non-hydrogen) atoms. The fourth-order valence-electron chi connectivity index (χ4n) is 6.04. The lowest BCUT2D eigenvalue weighted by Crippen LogP contribution is -2.50. The zero-order chi connectivity index (χ0) is 26.4. The number of para-hydroxylation sites is 1. The van der Waals surface area contributed by atoms with Gasteiger partial charge in [-0.25, -0.2) is 0 Å². The van der Waals surface area contributed by atoms with E-state index >= 15 is 0 Å². The van der Waals surface area contributed by atoms with Gasteiger partial charge in [-0.05, 0) is 72.7 Å². The molecular formula is C31H39NO4Si. The number of rotatable bonds is 11. The Morgan fingerprint density at radius 3 is 2.16 bits per heavy atom. The summed E-state index contributed by atoms with van der Waals surface area (Å²) >= 11 is 0. The third kappa shape index (κ3) is 5.98. The van der Waals surface area contributed by atoms with Crippen LogP contribution in [0.5, 0.6) is 5.75 Å².